The van der Waals surface area contributed by atoms with Crippen molar-refractivity contribution in [1.82, 2.24) is 10.2 Å². The quantitative estimate of drug-likeness (QED) is 0.574. The number of urea groups is 1. The van der Waals surface area contributed by atoms with Gasteiger partial charge in [0.25, 0.3) is 5.91 Å². The number of ether oxygens (including phenoxy) is 2. The summed E-state index contributed by atoms with van der Waals surface area (Å²) in [6, 6.07) is 9.83. The number of amides is 4. The number of imide groups is 1. The van der Waals surface area contributed by atoms with E-state index in [4.69, 9.17) is 9.47 Å². The van der Waals surface area contributed by atoms with Gasteiger partial charge >= 0.3 is 6.03 Å². The molecule has 0 bridgehead atoms. The van der Waals surface area contributed by atoms with Gasteiger partial charge in [-0.1, -0.05) is 18.2 Å². The summed E-state index contributed by atoms with van der Waals surface area (Å²) < 4.78 is 24.0. The molecule has 0 atom stereocenters. The maximum atomic E-state index is 13.6. The van der Waals surface area contributed by atoms with E-state index in [1.54, 1.807) is 24.3 Å². The second-order valence-electron chi connectivity index (χ2n) is 6.02. The second-order valence-corrected chi connectivity index (χ2v) is 6.02. The third-order valence-electron chi connectivity index (χ3n) is 4.13. The molecular weight excluding hydrogens is 381 g/mol. The Hall–Kier alpha value is -3.88. The minimum Gasteiger partial charge on any atom is -0.493 e. The number of nitrogens with one attached hydrogen (secondary N) is 2. The van der Waals surface area contributed by atoms with E-state index in [2.05, 4.69) is 10.6 Å². The fourth-order valence-corrected chi connectivity index (χ4v) is 2.72. The summed E-state index contributed by atoms with van der Waals surface area (Å²) in [5.41, 5.74) is 0.551. The maximum absolute atomic E-state index is 13.6. The van der Waals surface area contributed by atoms with Crippen LogP contribution in [-0.4, -0.2) is 43.5 Å². The molecule has 8 nitrogen and oxygen atoms in total. The average molecular weight is 399 g/mol. The third kappa shape index (κ3) is 4.34. The summed E-state index contributed by atoms with van der Waals surface area (Å²) in [5.74, 6) is -1.02. The lowest BCUT2D eigenvalue weighted by atomic mass is 10.1. The second kappa shape index (κ2) is 8.42. The number of carbonyl (C=O) groups is 3. The van der Waals surface area contributed by atoms with Gasteiger partial charge in [0, 0.05) is 0 Å². The summed E-state index contributed by atoms with van der Waals surface area (Å²) in [7, 11) is 2.98. The molecule has 2 aromatic rings. The van der Waals surface area contributed by atoms with Gasteiger partial charge in [-0.05, 0) is 35.9 Å². The van der Waals surface area contributed by atoms with Gasteiger partial charge in [-0.15, -0.1) is 0 Å². The lowest BCUT2D eigenvalue weighted by Gasteiger charge is -2.12. The van der Waals surface area contributed by atoms with Crippen molar-refractivity contribution in [3.05, 3.63) is 59.5 Å². The SMILES string of the molecule is COc1ccc(C=C2NC(=O)N(CC(=O)Nc3ccccc3F)C2=O)cc1OC. The van der Waals surface area contributed by atoms with Crippen molar-refractivity contribution in [2.24, 2.45) is 0 Å². The fraction of sp³-hybridized carbons (Fsp3) is 0.150. The molecule has 0 spiro atoms. The average Bonchev–Trinajstić information content (AvgIpc) is 2.97. The summed E-state index contributed by atoms with van der Waals surface area (Å²) in [5, 5.41) is 4.75. The summed E-state index contributed by atoms with van der Waals surface area (Å²) in [6.45, 7) is -0.553. The first-order valence-electron chi connectivity index (χ1n) is 8.54. The number of nitrogens with zero attached hydrogens (tertiary/aromatic N) is 1. The zero-order valence-electron chi connectivity index (χ0n) is 15.7. The van der Waals surface area contributed by atoms with Gasteiger partial charge in [0.05, 0.1) is 19.9 Å². The van der Waals surface area contributed by atoms with Crippen molar-refractivity contribution in [3.8, 4) is 11.5 Å². The van der Waals surface area contributed by atoms with Crippen LogP contribution in [0, 0.1) is 5.82 Å². The van der Waals surface area contributed by atoms with Gasteiger partial charge in [0.15, 0.2) is 11.5 Å². The number of methoxy groups -OCH3 is 2. The van der Waals surface area contributed by atoms with Gasteiger partial charge in [-0.2, -0.15) is 0 Å². The molecule has 1 heterocycles. The maximum Gasteiger partial charge on any atom is 0.329 e. The van der Waals surface area contributed by atoms with Crippen LogP contribution >= 0.6 is 0 Å². The molecule has 9 heteroatoms. The Kier molecular flexibility index (Phi) is 5.77. The van der Waals surface area contributed by atoms with E-state index >= 15 is 0 Å². The van der Waals surface area contributed by atoms with Crippen molar-refractivity contribution in [2.45, 2.75) is 0 Å². The summed E-state index contributed by atoms with van der Waals surface area (Å²) in [4.78, 5) is 37.5. The molecule has 0 saturated carbocycles. The Morgan fingerprint density at radius 3 is 2.55 bits per heavy atom. The molecule has 1 aliphatic rings. The van der Waals surface area contributed by atoms with Gasteiger partial charge in [-0.25, -0.2) is 14.1 Å². The van der Waals surface area contributed by atoms with Crippen molar-refractivity contribution in [3.63, 3.8) is 0 Å². The van der Waals surface area contributed by atoms with Crippen LogP contribution in [-0.2, 0) is 9.59 Å². The number of hydrogen-bond acceptors (Lipinski definition) is 5. The number of benzene rings is 2. The smallest absolute Gasteiger partial charge is 0.329 e. The summed E-state index contributed by atoms with van der Waals surface area (Å²) >= 11 is 0. The standard InChI is InChI=1S/C20H18FN3O5/c1-28-16-8-7-12(10-17(16)29-2)9-15-19(26)24(20(27)23-15)11-18(25)22-14-6-4-3-5-13(14)21/h3-10H,11H2,1-2H3,(H,22,25)(H,23,27). The molecule has 3 rings (SSSR count). The lowest BCUT2D eigenvalue weighted by Crippen LogP contribution is -2.38. The minimum absolute atomic E-state index is 0.000844. The molecule has 0 aliphatic carbocycles. The highest BCUT2D eigenvalue weighted by atomic mass is 19.1. The minimum atomic E-state index is -0.745. The van der Waals surface area contributed by atoms with Crippen LogP contribution in [0.2, 0.25) is 0 Å². The van der Waals surface area contributed by atoms with Crippen LogP contribution in [0.3, 0.4) is 0 Å². The number of para-hydroxylation sites is 1. The molecular formula is C20H18FN3O5. The van der Waals surface area contributed by atoms with Crippen LogP contribution in [0.1, 0.15) is 5.56 Å². The normalized spacial score (nSPS) is 14.7. The highest BCUT2D eigenvalue weighted by molar-refractivity contribution is 6.15. The highest BCUT2D eigenvalue weighted by Crippen LogP contribution is 2.28. The van der Waals surface area contributed by atoms with Gasteiger partial charge in [-0.3, -0.25) is 9.59 Å². The molecule has 1 fully saturated rings. The highest BCUT2D eigenvalue weighted by Gasteiger charge is 2.35. The number of halogens is 1. The van der Waals surface area contributed by atoms with E-state index in [0.29, 0.717) is 17.1 Å². The monoisotopic (exact) mass is 399 g/mol. The van der Waals surface area contributed by atoms with Gasteiger partial charge in [0.2, 0.25) is 5.91 Å². The van der Waals surface area contributed by atoms with E-state index < -0.39 is 30.2 Å². The number of carbonyl (C=O) groups excluding carboxylic acids is 3. The number of hydrogen-bond donors (Lipinski definition) is 2. The van der Waals surface area contributed by atoms with E-state index in [1.165, 1.54) is 38.5 Å². The van der Waals surface area contributed by atoms with E-state index in [9.17, 15) is 18.8 Å². The molecule has 150 valence electrons. The molecule has 0 radical (unpaired) electrons. The Morgan fingerprint density at radius 1 is 1.14 bits per heavy atom. The number of anilines is 1. The third-order valence-corrected chi connectivity index (χ3v) is 4.13. The first kappa shape index (κ1) is 19.9. The Labute approximate surface area is 165 Å². The molecule has 4 amide bonds. The zero-order valence-corrected chi connectivity index (χ0v) is 15.7. The first-order chi connectivity index (χ1) is 13.9. The fourth-order valence-electron chi connectivity index (χ4n) is 2.72. The van der Waals surface area contributed by atoms with E-state index in [1.807, 2.05) is 0 Å². The molecule has 0 aromatic heterocycles. The van der Waals surface area contributed by atoms with Crippen molar-refractivity contribution in [1.29, 1.82) is 0 Å². The van der Waals surface area contributed by atoms with E-state index in [0.717, 1.165) is 4.90 Å². The summed E-state index contributed by atoms with van der Waals surface area (Å²) in [6.07, 6.45) is 1.46. The van der Waals surface area contributed by atoms with Crippen LogP contribution in [0.25, 0.3) is 6.08 Å². The predicted molar refractivity (Wildman–Crippen MR) is 103 cm³/mol. The molecule has 29 heavy (non-hydrogen) atoms. The van der Waals surface area contributed by atoms with Gasteiger partial charge in [0.1, 0.15) is 18.1 Å². The Morgan fingerprint density at radius 2 is 1.86 bits per heavy atom. The topological polar surface area (TPSA) is 97.0 Å². The molecule has 1 saturated heterocycles. The van der Waals surface area contributed by atoms with Crippen molar-refractivity contribution < 1.29 is 28.2 Å². The Balaban J connectivity index is 1.73. The number of rotatable bonds is 6. The largest absolute Gasteiger partial charge is 0.493 e. The molecule has 1 aliphatic heterocycles. The van der Waals surface area contributed by atoms with Crippen molar-refractivity contribution in [2.75, 3.05) is 26.1 Å². The van der Waals surface area contributed by atoms with Gasteiger partial charge < -0.3 is 20.1 Å². The first-order valence-corrected chi connectivity index (χ1v) is 8.54. The molecule has 0 unspecified atom stereocenters. The lowest BCUT2D eigenvalue weighted by molar-refractivity contribution is -0.127. The Bertz CT molecular complexity index is 1010. The molecule has 2 N–H and O–H groups in total. The van der Waals surface area contributed by atoms with Crippen LogP contribution in [0.4, 0.5) is 14.9 Å². The van der Waals surface area contributed by atoms with Crippen LogP contribution in [0.15, 0.2) is 48.2 Å². The zero-order chi connectivity index (χ0) is 21.0. The molecule has 2 aromatic carbocycles. The van der Waals surface area contributed by atoms with E-state index in [-0.39, 0.29) is 11.4 Å². The van der Waals surface area contributed by atoms with Crippen molar-refractivity contribution >= 4 is 29.6 Å². The van der Waals surface area contributed by atoms with Crippen LogP contribution in [0.5, 0.6) is 11.5 Å². The predicted octanol–water partition coefficient (Wildman–Crippen LogP) is 2.37. The van der Waals surface area contributed by atoms with Crippen LogP contribution < -0.4 is 20.1 Å².